The van der Waals surface area contributed by atoms with Gasteiger partial charge < -0.3 is 4.74 Å². The van der Waals surface area contributed by atoms with E-state index in [2.05, 4.69) is 5.43 Å². The van der Waals surface area contributed by atoms with Crippen LogP contribution in [0.25, 0.3) is 0 Å². The molecule has 0 unspecified atom stereocenters. The van der Waals surface area contributed by atoms with Crippen molar-refractivity contribution in [1.82, 2.24) is 4.68 Å². The maximum absolute atomic E-state index is 12.5. The van der Waals surface area contributed by atoms with Gasteiger partial charge in [-0.05, 0) is 38.1 Å². The Balaban J connectivity index is 2.35. The molecule has 0 saturated carbocycles. The SMILES string of the molecule is CCOC(=O)Nn1c(C)ccc1C(=O)c1ccccc1Cl. The molecule has 0 atom stereocenters. The van der Waals surface area contributed by atoms with Crippen LogP contribution in [-0.4, -0.2) is 23.2 Å². The number of benzene rings is 1. The lowest BCUT2D eigenvalue weighted by atomic mass is 10.1. The summed E-state index contributed by atoms with van der Waals surface area (Å²) in [5.74, 6) is -0.273. The zero-order valence-corrected chi connectivity index (χ0v) is 12.5. The number of carbonyl (C=O) groups is 2. The lowest BCUT2D eigenvalue weighted by molar-refractivity contribution is 0.103. The van der Waals surface area contributed by atoms with Crippen molar-refractivity contribution in [3.63, 3.8) is 0 Å². The van der Waals surface area contributed by atoms with Crippen LogP contribution in [0.2, 0.25) is 5.02 Å². The molecular formula is C15H15ClN2O3. The highest BCUT2D eigenvalue weighted by Crippen LogP contribution is 2.20. The van der Waals surface area contributed by atoms with Crippen molar-refractivity contribution in [2.45, 2.75) is 13.8 Å². The third-order valence-corrected chi connectivity index (χ3v) is 3.24. The Morgan fingerprint density at radius 3 is 2.62 bits per heavy atom. The van der Waals surface area contributed by atoms with Gasteiger partial charge in [-0.3, -0.25) is 9.47 Å². The summed E-state index contributed by atoms with van der Waals surface area (Å²) in [6, 6.07) is 10.1. The number of aromatic nitrogens is 1. The van der Waals surface area contributed by atoms with Crippen LogP contribution in [-0.2, 0) is 4.74 Å². The first-order valence-electron chi connectivity index (χ1n) is 6.46. The van der Waals surface area contributed by atoms with Crippen LogP contribution in [0.1, 0.15) is 28.7 Å². The molecule has 1 aromatic heterocycles. The maximum atomic E-state index is 12.5. The van der Waals surface area contributed by atoms with Crippen molar-refractivity contribution in [2.75, 3.05) is 12.0 Å². The fourth-order valence-corrected chi connectivity index (χ4v) is 2.12. The lowest BCUT2D eigenvalue weighted by Gasteiger charge is -2.12. The van der Waals surface area contributed by atoms with Crippen molar-refractivity contribution < 1.29 is 14.3 Å². The number of amides is 1. The van der Waals surface area contributed by atoms with E-state index in [0.29, 0.717) is 22.0 Å². The standard InChI is InChI=1S/C15H15ClN2O3/c1-3-21-15(20)17-18-10(2)8-9-13(18)14(19)11-6-4-5-7-12(11)16/h4-9H,3H2,1-2H3,(H,17,20). The van der Waals surface area contributed by atoms with Crippen LogP contribution in [0.5, 0.6) is 0 Å². The molecule has 5 nitrogen and oxygen atoms in total. The lowest BCUT2D eigenvalue weighted by Crippen LogP contribution is -2.27. The van der Waals surface area contributed by atoms with Crippen LogP contribution in [0.3, 0.4) is 0 Å². The molecule has 21 heavy (non-hydrogen) atoms. The van der Waals surface area contributed by atoms with Gasteiger partial charge in [-0.1, -0.05) is 23.7 Å². The molecule has 1 N–H and O–H groups in total. The van der Waals surface area contributed by atoms with E-state index in [1.54, 1.807) is 50.2 Å². The fourth-order valence-electron chi connectivity index (χ4n) is 1.90. The Labute approximate surface area is 127 Å². The highest BCUT2D eigenvalue weighted by molar-refractivity contribution is 6.34. The summed E-state index contributed by atoms with van der Waals surface area (Å²) in [5.41, 5.74) is 3.92. The summed E-state index contributed by atoms with van der Waals surface area (Å²) < 4.78 is 6.22. The van der Waals surface area contributed by atoms with Gasteiger partial charge in [-0.15, -0.1) is 0 Å². The van der Waals surface area contributed by atoms with Gasteiger partial charge in [-0.25, -0.2) is 10.2 Å². The summed E-state index contributed by atoms with van der Waals surface area (Å²) in [4.78, 5) is 24.1. The summed E-state index contributed by atoms with van der Waals surface area (Å²) >= 11 is 6.04. The Hall–Kier alpha value is -2.27. The maximum Gasteiger partial charge on any atom is 0.426 e. The van der Waals surface area contributed by atoms with Gasteiger partial charge in [0.05, 0.1) is 11.6 Å². The number of halogens is 1. The molecule has 0 fully saturated rings. The van der Waals surface area contributed by atoms with E-state index >= 15 is 0 Å². The Morgan fingerprint density at radius 1 is 1.24 bits per heavy atom. The summed E-state index contributed by atoms with van der Waals surface area (Å²) in [5, 5.41) is 0.365. The molecule has 1 amide bonds. The molecule has 2 aromatic rings. The summed E-state index contributed by atoms with van der Waals surface area (Å²) in [7, 11) is 0. The van der Waals surface area contributed by atoms with Gasteiger partial charge in [0.2, 0.25) is 5.78 Å². The zero-order chi connectivity index (χ0) is 15.4. The Bertz CT molecular complexity index is 679. The molecule has 1 aromatic carbocycles. The van der Waals surface area contributed by atoms with Gasteiger partial charge in [0, 0.05) is 11.3 Å². The van der Waals surface area contributed by atoms with Crippen LogP contribution >= 0.6 is 11.6 Å². The molecule has 0 saturated heterocycles. The molecule has 0 aliphatic rings. The predicted octanol–water partition coefficient (Wildman–Crippen LogP) is 3.38. The molecule has 0 aliphatic heterocycles. The van der Waals surface area contributed by atoms with Gasteiger partial charge in [-0.2, -0.15) is 0 Å². The van der Waals surface area contributed by atoms with E-state index in [0.717, 1.165) is 0 Å². The Kier molecular flexibility index (Phi) is 4.65. The van der Waals surface area contributed by atoms with Crippen LogP contribution in [0.4, 0.5) is 4.79 Å². The number of nitrogens with one attached hydrogen (secondary N) is 1. The smallest absolute Gasteiger partial charge is 0.426 e. The third-order valence-electron chi connectivity index (χ3n) is 2.91. The number of ketones is 1. The number of hydrogen-bond acceptors (Lipinski definition) is 3. The summed E-state index contributed by atoms with van der Waals surface area (Å²) in [6.45, 7) is 3.73. The Morgan fingerprint density at radius 2 is 1.95 bits per heavy atom. The van der Waals surface area contributed by atoms with Crippen molar-refractivity contribution in [3.8, 4) is 0 Å². The highest BCUT2D eigenvalue weighted by atomic mass is 35.5. The number of rotatable bonds is 4. The monoisotopic (exact) mass is 306 g/mol. The van der Waals surface area contributed by atoms with Gasteiger partial charge in [0.1, 0.15) is 5.69 Å². The van der Waals surface area contributed by atoms with E-state index < -0.39 is 6.09 Å². The molecule has 110 valence electrons. The number of nitrogens with zero attached hydrogens (tertiary/aromatic N) is 1. The average Bonchev–Trinajstić information content (AvgIpc) is 2.80. The van der Waals surface area contributed by atoms with E-state index in [4.69, 9.17) is 16.3 Å². The van der Waals surface area contributed by atoms with Gasteiger partial charge in [0.15, 0.2) is 0 Å². The first-order valence-corrected chi connectivity index (χ1v) is 6.83. The van der Waals surface area contributed by atoms with E-state index in [-0.39, 0.29) is 12.4 Å². The van der Waals surface area contributed by atoms with Crippen molar-refractivity contribution in [2.24, 2.45) is 0 Å². The minimum absolute atomic E-state index is 0.250. The predicted molar refractivity (Wildman–Crippen MR) is 80.4 cm³/mol. The number of hydrogen-bond donors (Lipinski definition) is 1. The molecule has 0 bridgehead atoms. The molecule has 6 heteroatoms. The fraction of sp³-hybridized carbons (Fsp3) is 0.200. The molecule has 2 rings (SSSR count). The second-order valence-corrected chi connectivity index (χ2v) is 4.74. The second-order valence-electron chi connectivity index (χ2n) is 4.34. The van der Waals surface area contributed by atoms with Gasteiger partial charge in [0.25, 0.3) is 0 Å². The third kappa shape index (κ3) is 3.25. The summed E-state index contributed by atoms with van der Waals surface area (Å²) in [6.07, 6.45) is -0.620. The van der Waals surface area contributed by atoms with E-state index in [1.165, 1.54) is 4.68 Å². The minimum atomic E-state index is -0.620. The topological polar surface area (TPSA) is 60.3 Å². The minimum Gasteiger partial charge on any atom is -0.449 e. The quantitative estimate of drug-likeness (QED) is 0.881. The van der Waals surface area contributed by atoms with E-state index in [9.17, 15) is 9.59 Å². The average molecular weight is 307 g/mol. The van der Waals surface area contributed by atoms with Crippen LogP contribution in [0, 0.1) is 6.92 Å². The van der Waals surface area contributed by atoms with Gasteiger partial charge >= 0.3 is 6.09 Å². The van der Waals surface area contributed by atoms with Crippen molar-refractivity contribution >= 4 is 23.5 Å². The van der Waals surface area contributed by atoms with Crippen LogP contribution in [0.15, 0.2) is 36.4 Å². The second kappa shape index (κ2) is 6.45. The number of carbonyl (C=O) groups excluding carboxylic acids is 2. The van der Waals surface area contributed by atoms with Crippen molar-refractivity contribution in [1.29, 1.82) is 0 Å². The molecule has 1 heterocycles. The number of aryl methyl sites for hydroxylation is 1. The number of ether oxygens (including phenoxy) is 1. The molecule has 0 spiro atoms. The van der Waals surface area contributed by atoms with E-state index in [1.807, 2.05) is 0 Å². The zero-order valence-electron chi connectivity index (χ0n) is 11.7. The van der Waals surface area contributed by atoms with Crippen LogP contribution < -0.4 is 5.43 Å². The largest absolute Gasteiger partial charge is 0.449 e. The van der Waals surface area contributed by atoms with Crippen molar-refractivity contribution in [3.05, 3.63) is 58.4 Å². The molecule has 0 radical (unpaired) electrons. The first-order chi connectivity index (χ1) is 10.0. The molecule has 0 aliphatic carbocycles. The first kappa shape index (κ1) is 15.1. The molecular weight excluding hydrogens is 292 g/mol. The normalized spacial score (nSPS) is 10.2. The highest BCUT2D eigenvalue weighted by Gasteiger charge is 2.19.